The molecule has 0 aliphatic rings. The largest absolute Gasteiger partial charge is 0.493 e. The second-order valence-corrected chi connectivity index (χ2v) is 3.66. The molecule has 3 nitrogen and oxygen atoms in total. The van der Waals surface area contributed by atoms with Gasteiger partial charge in [-0.2, -0.15) is 0 Å². The zero-order chi connectivity index (χ0) is 9.84. The third kappa shape index (κ3) is 2.45. The number of aryl methyl sites for hydroxylation is 1. The first-order valence-electron chi connectivity index (χ1n) is 4.03. The van der Waals surface area contributed by atoms with Gasteiger partial charge in [0.2, 0.25) is 0 Å². The molecule has 4 heteroatoms. The van der Waals surface area contributed by atoms with E-state index in [0.717, 1.165) is 5.56 Å². The van der Waals surface area contributed by atoms with Gasteiger partial charge < -0.3 is 4.74 Å². The molecule has 1 aromatic rings. The first kappa shape index (κ1) is 10.1. The lowest BCUT2D eigenvalue weighted by Gasteiger charge is -2.05. The molecule has 0 bridgehead atoms. The van der Waals surface area contributed by atoms with Crippen molar-refractivity contribution in [1.82, 2.24) is 0 Å². The van der Waals surface area contributed by atoms with Gasteiger partial charge in [-0.05, 0) is 31.5 Å². The van der Waals surface area contributed by atoms with Gasteiger partial charge in [0.15, 0.2) is 10.7 Å². The summed E-state index contributed by atoms with van der Waals surface area (Å²) < 4.78 is 26.8. The summed E-state index contributed by atoms with van der Waals surface area (Å²) in [6.07, 6.45) is 0. The molecule has 0 aliphatic carbocycles. The molecule has 0 saturated heterocycles. The topological polar surface area (TPSA) is 43.4 Å². The molecule has 0 fully saturated rings. The van der Waals surface area contributed by atoms with Gasteiger partial charge in [-0.3, -0.25) is 0 Å². The average molecular weight is 200 g/mol. The molecular formula is C9H12O3S. The fraction of sp³-hybridized carbons (Fsp3) is 0.333. The van der Waals surface area contributed by atoms with Crippen LogP contribution in [0.5, 0.6) is 5.75 Å². The summed E-state index contributed by atoms with van der Waals surface area (Å²) in [4.78, 5) is 0.261. The average Bonchev–Trinajstić information content (AvgIpc) is 2.08. The molecule has 13 heavy (non-hydrogen) atoms. The first-order valence-corrected chi connectivity index (χ1v) is 5.20. The second-order valence-electron chi connectivity index (χ2n) is 2.66. The Bertz CT molecular complexity index is 361. The van der Waals surface area contributed by atoms with Crippen LogP contribution in [0, 0.1) is 6.92 Å². The van der Waals surface area contributed by atoms with E-state index in [9.17, 15) is 8.42 Å². The molecule has 0 aliphatic heterocycles. The van der Waals surface area contributed by atoms with Crippen LogP contribution in [-0.2, 0) is 10.7 Å². The summed E-state index contributed by atoms with van der Waals surface area (Å²) in [5, 5.41) is 0. The predicted octanol–water partition coefficient (Wildman–Crippen LogP) is 1.36. The molecule has 1 rings (SSSR count). The van der Waals surface area contributed by atoms with E-state index in [0.29, 0.717) is 12.4 Å². The number of rotatable bonds is 3. The minimum atomic E-state index is -2.57. The highest BCUT2D eigenvalue weighted by atomic mass is 32.2. The van der Waals surface area contributed by atoms with Crippen LogP contribution in [0.2, 0.25) is 0 Å². The minimum absolute atomic E-state index is 0.261. The molecule has 0 saturated carbocycles. The van der Waals surface area contributed by atoms with Crippen molar-refractivity contribution in [3.63, 3.8) is 0 Å². The Balaban J connectivity index is 3.18. The SMILES string of the molecule is CCOc1ccc(C)cc1[SH](=O)=O. The molecule has 0 atom stereocenters. The summed E-state index contributed by atoms with van der Waals surface area (Å²) in [5.74, 6) is 0.434. The summed E-state index contributed by atoms with van der Waals surface area (Å²) in [6, 6.07) is 5.11. The molecule has 0 heterocycles. The van der Waals surface area contributed by atoms with Crippen molar-refractivity contribution in [2.45, 2.75) is 18.7 Å². The number of hydrogen-bond acceptors (Lipinski definition) is 3. The lowest BCUT2D eigenvalue weighted by atomic mass is 10.2. The van der Waals surface area contributed by atoms with Gasteiger partial charge in [0, 0.05) is 0 Å². The van der Waals surface area contributed by atoms with Crippen LogP contribution in [-0.4, -0.2) is 15.0 Å². The molecule has 1 aromatic carbocycles. The number of thiol groups is 1. The van der Waals surface area contributed by atoms with E-state index < -0.39 is 10.7 Å². The Labute approximate surface area is 79.3 Å². The Hall–Kier alpha value is -1.03. The van der Waals surface area contributed by atoms with Crippen LogP contribution in [0.3, 0.4) is 0 Å². The maximum absolute atomic E-state index is 10.8. The van der Waals surface area contributed by atoms with Crippen LogP contribution in [0.1, 0.15) is 12.5 Å². The smallest absolute Gasteiger partial charge is 0.171 e. The lowest BCUT2D eigenvalue weighted by Crippen LogP contribution is -1.95. The Morgan fingerprint density at radius 3 is 2.62 bits per heavy atom. The first-order chi connectivity index (χ1) is 6.15. The summed E-state index contributed by atoms with van der Waals surface area (Å²) in [7, 11) is -2.57. The van der Waals surface area contributed by atoms with E-state index in [1.54, 1.807) is 12.1 Å². The monoisotopic (exact) mass is 200 g/mol. The van der Waals surface area contributed by atoms with Crippen LogP contribution in [0.4, 0.5) is 0 Å². The Kier molecular flexibility index (Phi) is 3.31. The van der Waals surface area contributed by atoms with Crippen LogP contribution in [0.25, 0.3) is 0 Å². The molecule has 0 unspecified atom stereocenters. The normalized spacial score (nSPS) is 10.4. The van der Waals surface area contributed by atoms with Crippen LogP contribution < -0.4 is 4.74 Å². The van der Waals surface area contributed by atoms with E-state index in [1.807, 2.05) is 19.9 Å². The highest BCUT2D eigenvalue weighted by Gasteiger charge is 2.04. The van der Waals surface area contributed by atoms with Crippen molar-refractivity contribution in [3.05, 3.63) is 23.8 Å². The maximum atomic E-state index is 10.8. The zero-order valence-electron chi connectivity index (χ0n) is 7.61. The molecular weight excluding hydrogens is 188 g/mol. The van der Waals surface area contributed by atoms with Gasteiger partial charge in [-0.25, -0.2) is 8.42 Å². The molecule has 0 aromatic heterocycles. The highest BCUT2D eigenvalue weighted by molar-refractivity contribution is 7.72. The van der Waals surface area contributed by atoms with Crippen LogP contribution >= 0.6 is 0 Å². The fourth-order valence-electron chi connectivity index (χ4n) is 1.05. The van der Waals surface area contributed by atoms with Crippen molar-refractivity contribution in [3.8, 4) is 5.75 Å². The fourth-order valence-corrected chi connectivity index (χ4v) is 1.68. The van der Waals surface area contributed by atoms with Crippen molar-refractivity contribution in [2.75, 3.05) is 6.61 Å². The van der Waals surface area contributed by atoms with Crippen molar-refractivity contribution in [2.24, 2.45) is 0 Å². The lowest BCUT2D eigenvalue weighted by molar-refractivity contribution is 0.331. The minimum Gasteiger partial charge on any atom is -0.493 e. The van der Waals surface area contributed by atoms with Gasteiger partial charge in [-0.15, -0.1) is 0 Å². The van der Waals surface area contributed by atoms with Crippen molar-refractivity contribution < 1.29 is 13.2 Å². The molecule has 0 radical (unpaired) electrons. The third-order valence-corrected chi connectivity index (χ3v) is 2.35. The third-order valence-electron chi connectivity index (χ3n) is 1.61. The van der Waals surface area contributed by atoms with Gasteiger partial charge in [0.25, 0.3) is 0 Å². The van der Waals surface area contributed by atoms with Crippen LogP contribution in [0.15, 0.2) is 23.1 Å². The quantitative estimate of drug-likeness (QED) is 0.749. The number of ether oxygens (including phenoxy) is 1. The second kappa shape index (κ2) is 4.28. The van der Waals surface area contributed by atoms with Crippen molar-refractivity contribution >= 4 is 10.7 Å². The van der Waals surface area contributed by atoms with Crippen molar-refractivity contribution in [1.29, 1.82) is 0 Å². The van der Waals surface area contributed by atoms with E-state index >= 15 is 0 Å². The Morgan fingerprint density at radius 1 is 1.38 bits per heavy atom. The predicted molar refractivity (Wildman–Crippen MR) is 50.9 cm³/mol. The van der Waals surface area contributed by atoms with Gasteiger partial charge in [0.1, 0.15) is 10.6 Å². The summed E-state index contributed by atoms with van der Waals surface area (Å²) in [5.41, 5.74) is 0.914. The molecule has 0 N–H and O–H groups in total. The molecule has 72 valence electrons. The van der Waals surface area contributed by atoms with Gasteiger partial charge in [-0.1, -0.05) is 6.07 Å². The standard InChI is InChI=1S/C9H12O3S/c1-3-12-8-5-4-7(2)6-9(8)13(10)11/h4-6,13H,3H2,1-2H3. The maximum Gasteiger partial charge on any atom is 0.171 e. The molecule has 0 spiro atoms. The molecule has 0 amide bonds. The zero-order valence-corrected chi connectivity index (χ0v) is 8.51. The van der Waals surface area contributed by atoms with E-state index in [1.165, 1.54) is 0 Å². The number of benzene rings is 1. The summed E-state index contributed by atoms with van der Waals surface area (Å²) in [6.45, 7) is 4.14. The van der Waals surface area contributed by atoms with Gasteiger partial charge in [0.05, 0.1) is 6.61 Å². The van der Waals surface area contributed by atoms with E-state index in [2.05, 4.69) is 0 Å². The summed E-state index contributed by atoms with van der Waals surface area (Å²) >= 11 is 0. The highest BCUT2D eigenvalue weighted by Crippen LogP contribution is 2.20. The van der Waals surface area contributed by atoms with E-state index in [4.69, 9.17) is 4.74 Å². The Morgan fingerprint density at radius 2 is 2.08 bits per heavy atom. The number of hydrogen-bond donors (Lipinski definition) is 1. The van der Waals surface area contributed by atoms with E-state index in [-0.39, 0.29) is 4.90 Å². The van der Waals surface area contributed by atoms with Gasteiger partial charge >= 0.3 is 0 Å².